The van der Waals surface area contributed by atoms with Gasteiger partial charge in [0.2, 0.25) is 10.0 Å². The minimum Gasteiger partial charge on any atom is -0.395 e. The van der Waals surface area contributed by atoms with E-state index < -0.39 is 16.1 Å². The van der Waals surface area contributed by atoms with Crippen LogP contribution in [0.3, 0.4) is 0 Å². The van der Waals surface area contributed by atoms with E-state index in [1.807, 2.05) is 19.1 Å². The Morgan fingerprint density at radius 1 is 1.10 bits per heavy atom. The molecule has 1 unspecified atom stereocenters. The molecule has 120 valence electrons. The molecule has 4 nitrogen and oxygen atoms in total. The summed E-state index contributed by atoms with van der Waals surface area (Å²) in [6.07, 6.45) is 6.36. The third-order valence-corrected chi connectivity index (χ3v) is 5.12. The number of hydrogen-bond acceptors (Lipinski definition) is 3. The molecule has 1 rings (SSSR count). The van der Waals surface area contributed by atoms with Gasteiger partial charge in [-0.1, -0.05) is 45.2 Å². The molecule has 5 heteroatoms. The molecule has 1 aromatic carbocycles. The molecule has 0 saturated heterocycles. The molecule has 0 aliphatic rings. The van der Waals surface area contributed by atoms with Crippen LogP contribution in [0, 0.1) is 0 Å². The van der Waals surface area contributed by atoms with Gasteiger partial charge < -0.3 is 5.11 Å². The minimum absolute atomic E-state index is 0.189. The van der Waals surface area contributed by atoms with E-state index in [4.69, 9.17) is 5.11 Å². The molecule has 0 heterocycles. The summed E-state index contributed by atoms with van der Waals surface area (Å²) in [5.41, 5.74) is 1.17. The largest absolute Gasteiger partial charge is 0.395 e. The number of rotatable bonds is 10. The van der Waals surface area contributed by atoms with Gasteiger partial charge in [-0.05, 0) is 37.0 Å². The summed E-state index contributed by atoms with van der Waals surface area (Å²) in [5.74, 6) is 0. The number of hydrogen-bond donors (Lipinski definition) is 2. The van der Waals surface area contributed by atoms with Gasteiger partial charge in [-0.15, -0.1) is 0 Å². The smallest absolute Gasteiger partial charge is 0.240 e. The first-order valence-electron chi connectivity index (χ1n) is 7.75. The zero-order chi connectivity index (χ0) is 15.7. The fourth-order valence-electron chi connectivity index (χ4n) is 2.13. The van der Waals surface area contributed by atoms with Gasteiger partial charge in [0.25, 0.3) is 0 Å². The third-order valence-electron chi connectivity index (χ3n) is 3.59. The summed E-state index contributed by atoms with van der Waals surface area (Å²) < 4.78 is 26.8. The molecule has 0 radical (unpaired) electrons. The molecule has 2 N–H and O–H groups in total. The number of aryl methyl sites for hydroxylation is 1. The van der Waals surface area contributed by atoms with Crippen LogP contribution in [-0.2, 0) is 16.4 Å². The van der Waals surface area contributed by atoms with Crippen molar-refractivity contribution < 1.29 is 13.5 Å². The Morgan fingerprint density at radius 2 is 1.76 bits per heavy atom. The van der Waals surface area contributed by atoms with Crippen LogP contribution in [0.25, 0.3) is 0 Å². The summed E-state index contributed by atoms with van der Waals surface area (Å²) >= 11 is 0. The van der Waals surface area contributed by atoms with Gasteiger partial charge in [-0.25, -0.2) is 13.1 Å². The lowest BCUT2D eigenvalue weighted by molar-refractivity contribution is 0.254. The number of nitrogens with one attached hydrogen (secondary N) is 1. The van der Waals surface area contributed by atoms with Crippen LogP contribution < -0.4 is 4.72 Å². The molecular weight excluding hydrogens is 286 g/mol. The van der Waals surface area contributed by atoms with Crippen molar-refractivity contribution in [3.63, 3.8) is 0 Å². The predicted molar refractivity (Wildman–Crippen MR) is 85.8 cm³/mol. The van der Waals surface area contributed by atoms with E-state index in [-0.39, 0.29) is 11.5 Å². The predicted octanol–water partition coefficient (Wildman–Crippen LogP) is 2.86. The Balaban J connectivity index is 2.64. The Hall–Kier alpha value is -0.910. The highest BCUT2D eigenvalue weighted by atomic mass is 32.2. The third kappa shape index (κ3) is 6.16. The lowest BCUT2D eigenvalue weighted by Gasteiger charge is -2.14. The Bertz CT molecular complexity index is 493. The Kier molecular flexibility index (Phi) is 7.93. The minimum atomic E-state index is -3.54. The Morgan fingerprint density at radius 3 is 2.29 bits per heavy atom. The van der Waals surface area contributed by atoms with Gasteiger partial charge in [0, 0.05) is 6.04 Å². The maximum Gasteiger partial charge on any atom is 0.240 e. The molecule has 0 amide bonds. The lowest BCUT2D eigenvalue weighted by Crippen LogP contribution is -2.36. The molecule has 0 aliphatic heterocycles. The topological polar surface area (TPSA) is 66.4 Å². The molecule has 1 atom stereocenters. The van der Waals surface area contributed by atoms with E-state index >= 15 is 0 Å². The molecule has 1 aromatic rings. The summed E-state index contributed by atoms with van der Waals surface area (Å²) in [7, 11) is -3.54. The quantitative estimate of drug-likeness (QED) is 0.653. The second-order valence-corrected chi connectivity index (χ2v) is 7.08. The SMILES string of the molecule is CCCCCCc1ccc(S(=O)(=O)NC(CC)CO)cc1. The molecule has 0 aromatic heterocycles. The van der Waals surface area contributed by atoms with Crippen molar-refractivity contribution in [3.05, 3.63) is 29.8 Å². The molecule has 0 saturated carbocycles. The van der Waals surface area contributed by atoms with Crippen LogP contribution in [0.2, 0.25) is 0 Å². The first-order chi connectivity index (χ1) is 10.0. The molecule has 0 spiro atoms. The number of unbranched alkanes of at least 4 members (excludes halogenated alkanes) is 3. The van der Waals surface area contributed by atoms with Crippen molar-refractivity contribution in [2.45, 2.75) is 63.3 Å². The molecule has 0 aliphatic carbocycles. The number of aliphatic hydroxyl groups excluding tert-OH is 1. The van der Waals surface area contributed by atoms with Gasteiger partial charge in [-0.2, -0.15) is 0 Å². The van der Waals surface area contributed by atoms with Crippen molar-refractivity contribution in [3.8, 4) is 0 Å². The van der Waals surface area contributed by atoms with E-state index in [1.165, 1.54) is 24.8 Å². The fourth-order valence-corrected chi connectivity index (χ4v) is 3.44. The van der Waals surface area contributed by atoms with E-state index in [2.05, 4.69) is 11.6 Å². The van der Waals surface area contributed by atoms with Crippen LogP contribution in [-0.4, -0.2) is 26.2 Å². The standard InChI is InChI=1S/C16H27NO3S/c1-3-5-6-7-8-14-9-11-16(12-10-14)21(19,20)17-15(4-2)13-18/h9-12,15,17-18H,3-8,13H2,1-2H3. The van der Waals surface area contributed by atoms with Crippen molar-refractivity contribution in [2.75, 3.05) is 6.61 Å². The van der Waals surface area contributed by atoms with Gasteiger partial charge in [0.1, 0.15) is 0 Å². The number of sulfonamides is 1. The number of benzene rings is 1. The van der Waals surface area contributed by atoms with Crippen LogP contribution >= 0.6 is 0 Å². The Labute approximate surface area is 128 Å². The van der Waals surface area contributed by atoms with Crippen molar-refractivity contribution >= 4 is 10.0 Å². The van der Waals surface area contributed by atoms with Gasteiger partial charge >= 0.3 is 0 Å². The van der Waals surface area contributed by atoms with Crippen LogP contribution in [0.5, 0.6) is 0 Å². The van der Waals surface area contributed by atoms with Crippen LogP contribution in [0.1, 0.15) is 51.5 Å². The van der Waals surface area contributed by atoms with E-state index in [0.29, 0.717) is 6.42 Å². The summed E-state index contributed by atoms with van der Waals surface area (Å²) in [6.45, 7) is 3.83. The first-order valence-corrected chi connectivity index (χ1v) is 9.24. The second-order valence-electron chi connectivity index (χ2n) is 5.36. The van der Waals surface area contributed by atoms with Crippen molar-refractivity contribution in [1.29, 1.82) is 0 Å². The van der Waals surface area contributed by atoms with Gasteiger partial charge in [0.15, 0.2) is 0 Å². The zero-order valence-corrected chi connectivity index (χ0v) is 13.8. The number of aliphatic hydroxyl groups is 1. The van der Waals surface area contributed by atoms with E-state index in [9.17, 15) is 8.42 Å². The molecule has 21 heavy (non-hydrogen) atoms. The zero-order valence-electron chi connectivity index (χ0n) is 13.0. The normalized spacial score (nSPS) is 13.3. The highest BCUT2D eigenvalue weighted by Gasteiger charge is 2.18. The molecular formula is C16H27NO3S. The summed E-state index contributed by atoms with van der Waals surface area (Å²) in [4.78, 5) is 0.256. The average Bonchev–Trinajstić information content (AvgIpc) is 2.49. The van der Waals surface area contributed by atoms with Gasteiger partial charge in [-0.3, -0.25) is 0 Å². The average molecular weight is 313 g/mol. The van der Waals surface area contributed by atoms with E-state index in [1.54, 1.807) is 12.1 Å². The highest BCUT2D eigenvalue weighted by molar-refractivity contribution is 7.89. The summed E-state index contributed by atoms with van der Waals surface area (Å²) in [6, 6.07) is 6.60. The fraction of sp³-hybridized carbons (Fsp3) is 0.625. The monoisotopic (exact) mass is 313 g/mol. The van der Waals surface area contributed by atoms with Crippen LogP contribution in [0.15, 0.2) is 29.2 Å². The molecule has 0 bridgehead atoms. The maximum absolute atomic E-state index is 12.1. The van der Waals surface area contributed by atoms with E-state index in [0.717, 1.165) is 12.8 Å². The highest BCUT2D eigenvalue weighted by Crippen LogP contribution is 2.14. The van der Waals surface area contributed by atoms with Gasteiger partial charge in [0.05, 0.1) is 11.5 Å². The van der Waals surface area contributed by atoms with Crippen molar-refractivity contribution in [1.82, 2.24) is 4.72 Å². The lowest BCUT2D eigenvalue weighted by atomic mass is 10.1. The maximum atomic E-state index is 12.1. The second kappa shape index (κ2) is 9.18. The van der Waals surface area contributed by atoms with Crippen molar-refractivity contribution in [2.24, 2.45) is 0 Å². The first kappa shape index (κ1) is 18.1. The summed E-state index contributed by atoms with van der Waals surface area (Å²) in [5, 5.41) is 9.09. The van der Waals surface area contributed by atoms with Crippen LogP contribution in [0.4, 0.5) is 0 Å². The molecule has 0 fully saturated rings.